The van der Waals surface area contributed by atoms with Crippen LogP contribution in [0.2, 0.25) is 0 Å². The number of alkyl halides is 2. The number of hydrogen-bond donors (Lipinski definition) is 0. The van der Waals surface area contributed by atoms with Crippen molar-refractivity contribution in [2.24, 2.45) is 0 Å². The Hall–Kier alpha value is -2.41. The Morgan fingerprint density at radius 3 is 2.92 bits per heavy atom. The summed E-state index contributed by atoms with van der Waals surface area (Å²) in [5, 5.41) is 2.05. The van der Waals surface area contributed by atoms with Crippen LogP contribution in [0, 0.1) is 0 Å². The Labute approximate surface area is 148 Å². The predicted octanol–water partition coefficient (Wildman–Crippen LogP) is 3.96. The van der Waals surface area contributed by atoms with Gasteiger partial charge in [0.1, 0.15) is 0 Å². The van der Waals surface area contributed by atoms with Gasteiger partial charge >= 0.3 is 6.61 Å². The number of benzene rings is 1. The number of nitrogens with zero attached hydrogens (tertiary/aromatic N) is 1. The maximum atomic E-state index is 12.4. The molecule has 0 unspecified atom stereocenters. The number of carbonyl (C=O) groups excluding carboxylic acids is 1. The summed E-state index contributed by atoms with van der Waals surface area (Å²) in [6, 6.07) is 6.59. The number of hydrogen-bond acceptors (Lipinski definition) is 4. The van der Waals surface area contributed by atoms with Gasteiger partial charge < -0.3 is 14.4 Å². The topological polar surface area (TPSA) is 38.8 Å². The van der Waals surface area contributed by atoms with Gasteiger partial charge in [0.15, 0.2) is 11.5 Å². The Kier molecular flexibility index (Phi) is 5.33. The van der Waals surface area contributed by atoms with Crippen molar-refractivity contribution in [1.29, 1.82) is 0 Å². The van der Waals surface area contributed by atoms with Crippen molar-refractivity contribution in [3.63, 3.8) is 0 Å². The van der Waals surface area contributed by atoms with Crippen LogP contribution in [-0.4, -0.2) is 31.1 Å². The highest BCUT2D eigenvalue weighted by atomic mass is 32.1. The van der Waals surface area contributed by atoms with Crippen molar-refractivity contribution in [2.45, 2.75) is 19.6 Å². The molecule has 3 rings (SSSR count). The van der Waals surface area contributed by atoms with E-state index in [9.17, 15) is 13.6 Å². The molecule has 0 radical (unpaired) electrons. The second-order valence-electron chi connectivity index (χ2n) is 5.50. The van der Waals surface area contributed by atoms with Gasteiger partial charge in [0.05, 0.1) is 7.11 Å². The van der Waals surface area contributed by atoms with E-state index in [-0.39, 0.29) is 17.4 Å². The molecule has 1 aliphatic heterocycles. The lowest BCUT2D eigenvalue weighted by Gasteiger charge is -2.25. The van der Waals surface area contributed by atoms with Gasteiger partial charge in [-0.25, -0.2) is 0 Å². The highest BCUT2D eigenvalue weighted by Crippen LogP contribution is 2.30. The number of thiophene rings is 1. The summed E-state index contributed by atoms with van der Waals surface area (Å²) >= 11 is 1.72. The molecule has 0 saturated carbocycles. The maximum Gasteiger partial charge on any atom is 0.387 e. The molecular formula is C18H17F2NO3S. The smallest absolute Gasteiger partial charge is 0.387 e. The molecule has 0 saturated heterocycles. The van der Waals surface area contributed by atoms with E-state index in [0.717, 1.165) is 6.42 Å². The van der Waals surface area contributed by atoms with Crippen LogP contribution in [0.15, 0.2) is 35.7 Å². The third kappa shape index (κ3) is 4.17. The minimum absolute atomic E-state index is 0.0398. The van der Waals surface area contributed by atoms with Crippen molar-refractivity contribution in [3.8, 4) is 11.5 Å². The van der Waals surface area contributed by atoms with Crippen molar-refractivity contribution >= 4 is 23.3 Å². The fourth-order valence-corrected chi connectivity index (χ4v) is 3.58. The molecule has 25 heavy (non-hydrogen) atoms. The van der Waals surface area contributed by atoms with E-state index >= 15 is 0 Å². The lowest BCUT2D eigenvalue weighted by Crippen LogP contribution is -2.34. The fourth-order valence-electron chi connectivity index (χ4n) is 2.69. The molecule has 0 N–H and O–H groups in total. The summed E-state index contributed by atoms with van der Waals surface area (Å²) in [7, 11) is 1.37. The van der Waals surface area contributed by atoms with Crippen LogP contribution >= 0.6 is 11.3 Å². The maximum absolute atomic E-state index is 12.4. The van der Waals surface area contributed by atoms with E-state index in [1.165, 1.54) is 29.7 Å². The van der Waals surface area contributed by atoms with Gasteiger partial charge in [0.2, 0.25) is 5.91 Å². The normalized spacial score (nSPS) is 14.0. The number of halogens is 2. The third-order valence-electron chi connectivity index (χ3n) is 3.94. The second kappa shape index (κ2) is 7.65. The monoisotopic (exact) mass is 365 g/mol. The number of amides is 1. The molecule has 0 fully saturated rings. The van der Waals surface area contributed by atoms with E-state index in [1.807, 2.05) is 5.38 Å². The molecule has 0 bridgehead atoms. The number of rotatable bonds is 5. The quantitative estimate of drug-likeness (QED) is 0.753. The predicted molar refractivity (Wildman–Crippen MR) is 92.1 cm³/mol. The second-order valence-corrected chi connectivity index (χ2v) is 6.50. The standard InChI is InChI=1S/C18H17F2NO3S/c1-23-15-10-12(2-4-14(15)24-18(19)20)3-5-17(22)21-8-6-16-13(11-21)7-9-25-16/h2-5,7,9-10,18H,6,8,11H2,1H3. The lowest BCUT2D eigenvalue weighted by atomic mass is 10.1. The van der Waals surface area contributed by atoms with Gasteiger partial charge in [-0.15, -0.1) is 11.3 Å². The lowest BCUT2D eigenvalue weighted by molar-refractivity contribution is -0.126. The first-order valence-electron chi connectivity index (χ1n) is 7.72. The molecule has 1 aromatic carbocycles. The van der Waals surface area contributed by atoms with Crippen molar-refractivity contribution < 1.29 is 23.0 Å². The Morgan fingerprint density at radius 2 is 2.16 bits per heavy atom. The molecule has 0 spiro atoms. The van der Waals surface area contributed by atoms with Crippen LogP contribution in [0.25, 0.3) is 6.08 Å². The first kappa shape index (κ1) is 17.4. The van der Waals surface area contributed by atoms with Gasteiger partial charge in [0, 0.05) is 24.0 Å². The molecule has 7 heteroatoms. The van der Waals surface area contributed by atoms with Gasteiger partial charge in [-0.3, -0.25) is 4.79 Å². The fraction of sp³-hybridized carbons (Fsp3) is 0.278. The van der Waals surface area contributed by atoms with E-state index < -0.39 is 6.61 Å². The molecule has 0 atom stereocenters. The van der Waals surface area contributed by atoms with Gasteiger partial charge in [-0.2, -0.15) is 8.78 Å². The average molecular weight is 365 g/mol. The van der Waals surface area contributed by atoms with Crippen molar-refractivity contribution in [2.75, 3.05) is 13.7 Å². The molecule has 1 aliphatic rings. The van der Waals surface area contributed by atoms with Gasteiger partial charge in [-0.05, 0) is 47.2 Å². The van der Waals surface area contributed by atoms with E-state index in [2.05, 4.69) is 10.8 Å². The number of carbonyl (C=O) groups is 1. The Morgan fingerprint density at radius 1 is 1.32 bits per heavy atom. The number of methoxy groups -OCH3 is 1. The van der Waals surface area contributed by atoms with Crippen LogP contribution in [0.1, 0.15) is 16.0 Å². The summed E-state index contributed by atoms with van der Waals surface area (Å²) in [5.74, 6) is 0.0708. The summed E-state index contributed by atoms with van der Waals surface area (Å²) < 4.78 is 34.1. The highest BCUT2D eigenvalue weighted by molar-refractivity contribution is 7.10. The largest absolute Gasteiger partial charge is 0.493 e. The van der Waals surface area contributed by atoms with Gasteiger partial charge in [0.25, 0.3) is 0 Å². The molecule has 4 nitrogen and oxygen atoms in total. The average Bonchev–Trinajstić information content (AvgIpc) is 3.07. The minimum Gasteiger partial charge on any atom is -0.493 e. The van der Waals surface area contributed by atoms with E-state index in [1.54, 1.807) is 34.4 Å². The van der Waals surface area contributed by atoms with E-state index in [4.69, 9.17) is 4.74 Å². The number of fused-ring (bicyclic) bond motifs is 1. The summed E-state index contributed by atoms with van der Waals surface area (Å²) in [4.78, 5) is 15.5. The number of ether oxygens (including phenoxy) is 2. The molecule has 132 valence electrons. The molecule has 1 aromatic heterocycles. The zero-order valence-electron chi connectivity index (χ0n) is 13.6. The Balaban J connectivity index is 1.68. The third-order valence-corrected chi connectivity index (χ3v) is 4.96. The first-order valence-corrected chi connectivity index (χ1v) is 8.60. The zero-order valence-corrected chi connectivity index (χ0v) is 14.4. The molecule has 1 amide bonds. The summed E-state index contributed by atoms with van der Waals surface area (Å²) in [5.41, 5.74) is 1.87. The Bertz CT molecular complexity index is 788. The van der Waals surface area contributed by atoms with Crippen LogP contribution < -0.4 is 9.47 Å². The SMILES string of the molecule is COc1cc(C=CC(=O)N2CCc3sccc3C2)ccc1OC(F)F. The van der Waals surface area contributed by atoms with Crippen LogP contribution in [0.4, 0.5) is 8.78 Å². The molecule has 0 aliphatic carbocycles. The van der Waals surface area contributed by atoms with Crippen molar-refractivity contribution in [3.05, 3.63) is 51.7 Å². The van der Waals surface area contributed by atoms with Gasteiger partial charge in [-0.1, -0.05) is 6.07 Å². The highest BCUT2D eigenvalue weighted by Gasteiger charge is 2.19. The van der Waals surface area contributed by atoms with Crippen LogP contribution in [0.3, 0.4) is 0 Å². The molecular weight excluding hydrogens is 348 g/mol. The van der Waals surface area contributed by atoms with Crippen LogP contribution in [0.5, 0.6) is 11.5 Å². The minimum atomic E-state index is -2.92. The molecule has 2 aromatic rings. The van der Waals surface area contributed by atoms with Crippen molar-refractivity contribution in [1.82, 2.24) is 4.90 Å². The summed E-state index contributed by atoms with van der Waals surface area (Å²) in [6.07, 6.45) is 4.00. The molecule has 2 heterocycles. The first-order chi connectivity index (χ1) is 12.1. The van der Waals surface area contributed by atoms with Crippen LogP contribution in [-0.2, 0) is 17.8 Å². The summed E-state index contributed by atoms with van der Waals surface area (Å²) in [6.45, 7) is -1.61. The van der Waals surface area contributed by atoms with E-state index in [0.29, 0.717) is 18.7 Å². The zero-order chi connectivity index (χ0) is 17.8.